The molecule has 3 heterocycles. The summed E-state index contributed by atoms with van der Waals surface area (Å²) in [7, 11) is 0. The molecule has 0 bridgehead atoms. The number of pyridine rings is 1. The predicted molar refractivity (Wildman–Crippen MR) is 113 cm³/mol. The number of piperidine rings is 1. The Balaban J connectivity index is 1.51. The second-order valence-electron chi connectivity index (χ2n) is 7.45. The molecule has 29 heavy (non-hydrogen) atoms. The first-order valence-electron chi connectivity index (χ1n) is 9.91. The van der Waals surface area contributed by atoms with Crippen LogP contribution in [0.2, 0.25) is 0 Å². The zero-order valence-electron chi connectivity index (χ0n) is 16.1. The minimum Gasteiger partial charge on any atom is -0.343 e. The third-order valence-corrected chi connectivity index (χ3v) is 6.22. The second-order valence-corrected chi connectivity index (χ2v) is 8.40. The van der Waals surface area contributed by atoms with Gasteiger partial charge in [-0.05, 0) is 66.6 Å². The second kappa shape index (κ2) is 9.29. The van der Waals surface area contributed by atoms with Crippen molar-refractivity contribution < 1.29 is 9.18 Å². The molecule has 1 aromatic carbocycles. The smallest absolute Gasteiger partial charge is 0.261 e. The van der Waals surface area contributed by atoms with E-state index in [4.69, 9.17) is 0 Å². The van der Waals surface area contributed by atoms with Crippen LogP contribution >= 0.6 is 11.3 Å². The van der Waals surface area contributed by atoms with Crippen molar-refractivity contribution in [3.05, 3.63) is 88.1 Å². The monoisotopic (exact) mass is 409 g/mol. The van der Waals surface area contributed by atoms with Gasteiger partial charge in [-0.15, -0.1) is 11.3 Å². The van der Waals surface area contributed by atoms with Crippen molar-refractivity contribution in [1.82, 2.24) is 15.2 Å². The van der Waals surface area contributed by atoms with Crippen LogP contribution in [0.5, 0.6) is 0 Å². The van der Waals surface area contributed by atoms with Crippen LogP contribution in [0.4, 0.5) is 4.39 Å². The first kappa shape index (κ1) is 19.7. The van der Waals surface area contributed by atoms with Gasteiger partial charge in [0.2, 0.25) is 0 Å². The van der Waals surface area contributed by atoms with E-state index >= 15 is 0 Å². The Labute approximate surface area is 174 Å². The lowest BCUT2D eigenvalue weighted by Gasteiger charge is -2.37. The van der Waals surface area contributed by atoms with E-state index in [1.807, 2.05) is 41.8 Å². The molecule has 4 rings (SSSR count). The van der Waals surface area contributed by atoms with Gasteiger partial charge in [0.05, 0.1) is 16.6 Å². The Morgan fingerprint density at radius 3 is 2.93 bits per heavy atom. The van der Waals surface area contributed by atoms with Crippen LogP contribution in [0.25, 0.3) is 0 Å². The number of nitrogens with zero attached hydrogens (tertiary/aromatic N) is 2. The van der Waals surface area contributed by atoms with Crippen LogP contribution in [0, 0.1) is 11.7 Å². The number of amides is 1. The van der Waals surface area contributed by atoms with Gasteiger partial charge in [-0.3, -0.25) is 14.7 Å². The average molecular weight is 410 g/mol. The van der Waals surface area contributed by atoms with Gasteiger partial charge in [0.15, 0.2) is 0 Å². The Kier molecular flexibility index (Phi) is 6.32. The number of thiophene rings is 1. The van der Waals surface area contributed by atoms with E-state index in [1.54, 1.807) is 18.3 Å². The molecule has 1 N–H and O–H groups in total. The normalized spacial score (nSPS) is 18.3. The summed E-state index contributed by atoms with van der Waals surface area (Å²) in [6.07, 6.45) is 3.83. The summed E-state index contributed by atoms with van der Waals surface area (Å²) >= 11 is 1.44. The number of carbonyl (C=O) groups is 1. The molecule has 1 amide bonds. The van der Waals surface area contributed by atoms with Crippen LogP contribution in [0.15, 0.2) is 66.2 Å². The summed E-state index contributed by atoms with van der Waals surface area (Å²) < 4.78 is 13.6. The molecule has 0 spiro atoms. The molecule has 0 saturated carbocycles. The van der Waals surface area contributed by atoms with Gasteiger partial charge in [-0.1, -0.05) is 24.3 Å². The molecule has 3 aromatic rings. The molecule has 1 fully saturated rings. The molecule has 2 atom stereocenters. The number of benzene rings is 1. The number of hydrogen-bond donors (Lipinski definition) is 1. The fourth-order valence-electron chi connectivity index (χ4n) is 4.01. The molecule has 2 aromatic heterocycles. The predicted octanol–water partition coefficient (Wildman–Crippen LogP) is 4.67. The lowest BCUT2D eigenvalue weighted by Crippen LogP contribution is -2.43. The topological polar surface area (TPSA) is 45.2 Å². The van der Waals surface area contributed by atoms with E-state index in [0.717, 1.165) is 37.2 Å². The van der Waals surface area contributed by atoms with Crippen LogP contribution in [0.1, 0.15) is 39.8 Å². The molecule has 4 nitrogen and oxygen atoms in total. The number of carbonyl (C=O) groups excluding carboxylic acids is 1. The molecule has 6 heteroatoms. The zero-order valence-corrected chi connectivity index (χ0v) is 16.9. The Hall–Kier alpha value is -2.57. The van der Waals surface area contributed by atoms with Gasteiger partial charge in [0.25, 0.3) is 5.91 Å². The van der Waals surface area contributed by atoms with Gasteiger partial charge < -0.3 is 5.32 Å². The van der Waals surface area contributed by atoms with Crippen molar-refractivity contribution in [3.8, 4) is 0 Å². The highest BCUT2D eigenvalue weighted by Gasteiger charge is 2.30. The van der Waals surface area contributed by atoms with Gasteiger partial charge >= 0.3 is 0 Å². The fourth-order valence-corrected chi connectivity index (χ4v) is 4.64. The third-order valence-electron chi connectivity index (χ3n) is 5.35. The van der Waals surface area contributed by atoms with Gasteiger partial charge in [-0.2, -0.15) is 0 Å². The summed E-state index contributed by atoms with van der Waals surface area (Å²) in [6.45, 7) is 2.52. The molecule has 1 aliphatic rings. The number of aromatic nitrogens is 1. The van der Waals surface area contributed by atoms with Gasteiger partial charge in [0.1, 0.15) is 5.82 Å². The van der Waals surface area contributed by atoms with E-state index in [0.29, 0.717) is 11.4 Å². The number of hydrogen-bond acceptors (Lipinski definition) is 4. The zero-order chi connectivity index (χ0) is 20.1. The first-order chi connectivity index (χ1) is 14.2. The summed E-state index contributed by atoms with van der Waals surface area (Å²) in [4.78, 5) is 20.3. The van der Waals surface area contributed by atoms with E-state index in [9.17, 15) is 9.18 Å². The van der Waals surface area contributed by atoms with E-state index in [2.05, 4.69) is 15.2 Å². The molecule has 0 aliphatic carbocycles. The lowest BCUT2D eigenvalue weighted by atomic mass is 9.88. The van der Waals surface area contributed by atoms with E-state index in [1.165, 1.54) is 17.4 Å². The van der Waals surface area contributed by atoms with Crippen LogP contribution < -0.4 is 5.32 Å². The minimum absolute atomic E-state index is 0.0575. The van der Waals surface area contributed by atoms with Crippen molar-refractivity contribution in [3.63, 3.8) is 0 Å². The molecule has 150 valence electrons. The summed E-state index contributed by atoms with van der Waals surface area (Å²) in [5.41, 5.74) is 1.86. The maximum absolute atomic E-state index is 13.6. The standard InChI is InChI=1S/C23H24FN3OS/c24-19-8-3-6-17(14-19)15-27-12-4-7-18(16-27)22(20-9-1-2-11-25-20)26-23(28)21-10-5-13-29-21/h1-3,5-6,8-11,13-14,18,22H,4,7,12,15-16H2,(H,26,28)/t18-,22-/m0/s1. The molecular weight excluding hydrogens is 385 g/mol. The van der Waals surface area contributed by atoms with E-state index < -0.39 is 0 Å². The van der Waals surface area contributed by atoms with Crippen molar-refractivity contribution in [2.45, 2.75) is 25.4 Å². The SMILES string of the molecule is O=C(N[C@H](c1ccccn1)[C@H]1CCCN(Cc2cccc(F)c2)C1)c1cccs1. The number of likely N-dealkylation sites (tertiary alicyclic amines) is 1. The van der Waals surface area contributed by atoms with Crippen molar-refractivity contribution in [1.29, 1.82) is 0 Å². The fraction of sp³-hybridized carbons (Fsp3) is 0.304. The molecular formula is C23H24FN3OS. The summed E-state index contributed by atoms with van der Waals surface area (Å²) in [5.74, 6) is -0.0142. The van der Waals surface area contributed by atoms with Gasteiger partial charge in [0, 0.05) is 19.3 Å². The largest absolute Gasteiger partial charge is 0.343 e. The summed E-state index contributed by atoms with van der Waals surface area (Å²) in [5, 5.41) is 5.13. The number of halogens is 1. The van der Waals surface area contributed by atoms with Crippen LogP contribution in [0.3, 0.4) is 0 Å². The molecule has 0 radical (unpaired) electrons. The van der Waals surface area contributed by atoms with Gasteiger partial charge in [-0.25, -0.2) is 4.39 Å². The average Bonchev–Trinajstić information content (AvgIpc) is 3.28. The third kappa shape index (κ3) is 5.08. The maximum Gasteiger partial charge on any atom is 0.261 e. The van der Waals surface area contributed by atoms with Crippen LogP contribution in [-0.4, -0.2) is 28.9 Å². The summed E-state index contributed by atoms with van der Waals surface area (Å²) in [6, 6.07) is 16.2. The van der Waals surface area contributed by atoms with E-state index in [-0.39, 0.29) is 23.7 Å². The lowest BCUT2D eigenvalue weighted by molar-refractivity contribution is 0.0879. The van der Waals surface area contributed by atoms with Crippen molar-refractivity contribution in [2.75, 3.05) is 13.1 Å². The Morgan fingerprint density at radius 2 is 2.17 bits per heavy atom. The highest BCUT2D eigenvalue weighted by molar-refractivity contribution is 7.12. The van der Waals surface area contributed by atoms with Crippen molar-refractivity contribution in [2.24, 2.45) is 5.92 Å². The molecule has 1 aliphatic heterocycles. The quantitative estimate of drug-likeness (QED) is 0.644. The minimum atomic E-state index is -0.203. The molecule has 1 saturated heterocycles. The molecule has 0 unspecified atom stereocenters. The number of nitrogens with one attached hydrogen (secondary N) is 1. The van der Waals surface area contributed by atoms with Crippen molar-refractivity contribution >= 4 is 17.2 Å². The van der Waals surface area contributed by atoms with Crippen LogP contribution in [-0.2, 0) is 6.54 Å². The highest BCUT2D eigenvalue weighted by Crippen LogP contribution is 2.30. The first-order valence-corrected chi connectivity index (χ1v) is 10.8. The Bertz CT molecular complexity index is 932. The Morgan fingerprint density at radius 1 is 1.24 bits per heavy atom. The highest BCUT2D eigenvalue weighted by atomic mass is 32.1. The number of rotatable bonds is 6. The maximum atomic E-state index is 13.6.